The van der Waals surface area contributed by atoms with Crippen LogP contribution >= 0.6 is 0 Å². The number of benzene rings is 12. The molecule has 0 aromatic heterocycles. The highest BCUT2D eigenvalue weighted by Gasteiger charge is 2.50. The number of fused-ring (bicyclic) bond motifs is 6. The molecule has 528 valence electrons. The van der Waals surface area contributed by atoms with Crippen LogP contribution in [0.3, 0.4) is 0 Å². The van der Waals surface area contributed by atoms with Crippen molar-refractivity contribution in [2.24, 2.45) is 16.7 Å². The van der Waals surface area contributed by atoms with E-state index in [1.165, 1.54) is 44.5 Å². The molecular weight excluding hydrogens is 1290 g/mol. The van der Waals surface area contributed by atoms with Gasteiger partial charge in [0.2, 0.25) is 0 Å². The smallest absolute Gasteiger partial charge is 0.127 e. The molecule has 0 bridgehead atoms. The fourth-order valence-electron chi connectivity index (χ4n) is 17.6. The summed E-state index contributed by atoms with van der Waals surface area (Å²) in [6.45, 7) is 14.3. The van der Waals surface area contributed by atoms with Crippen LogP contribution in [0, 0.1) is 16.7 Å². The quantitative estimate of drug-likeness (QED) is 0.0449. The summed E-state index contributed by atoms with van der Waals surface area (Å²) < 4.78 is 40.2. The van der Waals surface area contributed by atoms with Crippen LogP contribution in [0.5, 0.6) is 23.0 Å². The third-order valence-corrected chi connectivity index (χ3v) is 23.3. The SMILES string of the molecule is CCCC(CCC)(COc1ccc(C2(c3ccc(OCC4CO4)c(-c4ccccc4)c3)c3ccccc3-c3ccccc32)cc1-c1ccccc1)C(O)COc1ccc(C2(c3ccc(OCC(CC)(CCC(C)C)C4CO4)c(-c4ccccc4)c3)c3ccccc3-c3ccccc32)cc1-c1ccccc1. The highest BCUT2D eigenvalue weighted by molar-refractivity contribution is 5.90. The molecule has 7 heteroatoms. The van der Waals surface area contributed by atoms with Crippen LogP contribution in [0.15, 0.2) is 291 Å². The van der Waals surface area contributed by atoms with E-state index in [1.54, 1.807) is 0 Å². The summed E-state index contributed by atoms with van der Waals surface area (Å²) in [5, 5.41) is 13.2. The highest BCUT2D eigenvalue weighted by atomic mass is 16.6. The molecule has 12 aromatic rings. The van der Waals surface area contributed by atoms with Crippen LogP contribution in [0.1, 0.15) is 124 Å². The third kappa shape index (κ3) is 13.0. The molecule has 2 aliphatic carbocycles. The van der Waals surface area contributed by atoms with E-state index in [0.29, 0.717) is 31.5 Å². The fourth-order valence-corrected chi connectivity index (χ4v) is 17.6. The zero-order valence-corrected chi connectivity index (χ0v) is 61.1. The molecule has 0 spiro atoms. The zero-order chi connectivity index (χ0) is 71.5. The van der Waals surface area contributed by atoms with Crippen LogP contribution in [0.4, 0.5) is 0 Å². The van der Waals surface area contributed by atoms with Crippen molar-refractivity contribution in [1.82, 2.24) is 0 Å². The number of hydrogen-bond donors (Lipinski definition) is 1. The maximum Gasteiger partial charge on any atom is 0.127 e. The third-order valence-electron chi connectivity index (χ3n) is 23.3. The number of epoxide rings is 2. The molecule has 105 heavy (non-hydrogen) atoms. The lowest BCUT2D eigenvalue weighted by molar-refractivity contribution is -0.0462. The Morgan fingerprint density at radius 2 is 0.714 bits per heavy atom. The molecule has 4 aliphatic rings. The van der Waals surface area contributed by atoms with Crippen LogP contribution in [0.2, 0.25) is 0 Å². The van der Waals surface area contributed by atoms with Crippen LogP contribution < -0.4 is 18.9 Å². The Hall–Kier alpha value is -10.3. The number of hydrogen-bond acceptors (Lipinski definition) is 7. The first kappa shape index (κ1) is 69.1. The average molecular weight is 1380 g/mol. The minimum absolute atomic E-state index is 0.0554. The van der Waals surface area contributed by atoms with E-state index in [2.05, 4.69) is 326 Å². The maximum absolute atomic E-state index is 13.2. The van der Waals surface area contributed by atoms with Crippen LogP contribution in [-0.2, 0) is 20.3 Å². The Bertz CT molecular complexity index is 4920. The first-order valence-corrected chi connectivity index (χ1v) is 38.2. The van der Waals surface area contributed by atoms with Gasteiger partial charge in [-0.2, -0.15) is 0 Å². The molecule has 2 aliphatic heterocycles. The molecule has 12 aromatic carbocycles. The van der Waals surface area contributed by atoms with E-state index < -0.39 is 22.3 Å². The van der Waals surface area contributed by atoms with Gasteiger partial charge in [-0.05, 0) is 169 Å². The summed E-state index contributed by atoms with van der Waals surface area (Å²) in [6.07, 6.45) is 5.71. The van der Waals surface area contributed by atoms with Crippen molar-refractivity contribution < 1.29 is 33.5 Å². The molecular formula is C98H94O7. The highest BCUT2D eigenvalue weighted by Crippen LogP contribution is 2.60. The molecule has 4 unspecified atom stereocenters. The standard InChI is InChI=1S/C98H94O7/c1-6-54-96(55-7-2,66-105-92-52-48-75(60-84(92)71-35-19-12-20-36-71)97(85-41-25-21-37-77(85)78-38-22-26-42-86(78)97)72-45-49-89(101-62-76-61-100-76)81(57-72)68-29-13-9-14-30-68)93(99)63-102-90-50-46-73(58-82(90)69-31-15-10-16-32-69)98(87-43-27-23-39-79(87)80-40-24-28-44-88(80)98)74-47-51-91(83(59-74)70-33-17-11-18-34-70)104-65-95(8-3,94-64-103-94)56-53-67(4)5/h9-52,57-60,67,76,93-94,99H,6-8,53-56,61-66H2,1-5H3. The van der Waals surface area contributed by atoms with Gasteiger partial charge >= 0.3 is 0 Å². The van der Waals surface area contributed by atoms with Crippen molar-refractivity contribution in [3.05, 3.63) is 336 Å². The van der Waals surface area contributed by atoms with Crippen molar-refractivity contribution in [1.29, 1.82) is 0 Å². The first-order valence-electron chi connectivity index (χ1n) is 38.2. The summed E-state index contributed by atoms with van der Waals surface area (Å²) in [5.41, 5.74) is 20.1. The van der Waals surface area contributed by atoms with Gasteiger partial charge in [-0.1, -0.05) is 297 Å². The van der Waals surface area contributed by atoms with E-state index in [9.17, 15) is 5.11 Å². The lowest BCUT2D eigenvalue weighted by Crippen LogP contribution is -2.44. The van der Waals surface area contributed by atoms with Gasteiger partial charge in [0, 0.05) is 33.1 Å². The van der Waals surface area contributed by atoms with E-state index in [-0.39, 0.29) is 30.8 Å². The topological polar surface area (TPSA) is 82.2 Å². The second kappa shape index (κ2) is 29.7. The van der Waals surface area contributed by atoms with Gasteiger partial charge in [-0.3, -0.25) is 0 Å². The molecule has 0 radical (unpaired) electrons. The predicted octanol–water partition coefficient (Wildman–Crippen LogP) is 22.9. The van der Waals surface area contributed by atoms with E-state index in [4.69, 9.17) is 28.4 Å². The lowest BCUT2D eigenvalue weighted by Gasteiger charge is -2.38. The van der Waals surface area contributed by atoms with Gasteiger partial charge < -0.3 is 33.5 Å². The Kier molecular flexibility index (Phi) is 19.5. The minimum atomic E-state index is -0.899. The van der Waals surface area contributed by atoms with E-state index in [0.717, 1.165) is 136 Å². The van der Waals surface area contributed by atoms with Crippen LogP contribution in [0.25, 0.3) is 66.8 Å². The number of ether oxygens (including phenoxy) is 6. The van der Waals surface area contributed by atoms with Crippen molar-refractivity contribution in [2.75, 3.05) is 39.6 Å². The zero-order valence-electron chi connectivity index (χ0n) is 61.1. The van der Waals surface area contributed by atoms with Gasteiger partial charge in [-0.25, -0.2) is 0 Å². The summed E-state index contributed by atoms with van der Waals surface area (Å²) >= 11 is 0. The summed E-state index contributed by atoms with van der Waals surface area (Å²) in [7, 11) is 0. The normalized spacial score (nSPS) is 16.4. The molecule has 1 N–H and O–H groups in total. The Labute approximate surface area is 620 Å². The van der Waals surface area contributed by atoms with Gasteiger partial charge in [0.25, 0.3) is 0 Å². The predicted molar refractivity (Wildman–Crippen MR) is 426 cm³/mol. The second-order valence-electron chi connectivity index (χ2n) is 30.0. The summed E-state index contributed by atoms with van der Waals surface area (Å²) in [5.74, 6) is 3.73. The van der Waals surface area contributed by atoms with Gasteiger partial charge in [0.15, 0.2) is 0 Å². The summed E-state index contributed by atoms with van der Waals surface area (Å²) in [4.78, 5) is 0. The molecule has 0 saturated carbocycles. The van der Waals surface area contributed by atoms with E-state index >= 15 is 0 Å². The van der Waals surface area contributed by atoms with Crippen molar-refractivity contribution in [3.8, 4) is 89.8 Å². The number of aliphatic hydroxyl groups excluding tert-OH is 1. The van der Waals surface area contributed by atoms with E-state index in [1.807, 2.05) is 0 Å². The van der Waals surface area contributed by atoms with Crippen molar-refractivity contribution >= 4 is 0 Å². The van der Waals surface area contributed by atoms with Gasteiger partial charge in [-0.15, -0.1) is 0 Å². The second-order valence-corrected chi connectivity index (χ2v) is 30.0. The average Bonchev–Trinajstić information content (AvgIpc) is 1.61. The Balaban J connectivity index is 0.763. The Morgan fingerprint density at radius 3 is 1.05 bits per heavy atom. The molecule has 2 fully saturated rings. The molecule has 7 nitrogen and oxygen atoms in total. The molecule has 16 rings (SSSR count). The maximum atomic E-state index is 13.2. The molecule has 2 heterocycles. The fraction of sp³-hybridized carbons (Fsp3) is 0.265. The first-order chi connectivity index (χ1) is 51.6. The Morgan fingerprint density at radius 1 is 0.381 bits per heavy atom. The largest absolute Gasteiger partial charge is 0.492 e. The van der Waals surface area contributed by atoms with Crippen molar-refractivity contribution in [3.63, 3.8) is 0 Å². The summed E-state index contributed by atoms with van der Waals surface area (Å²) in [6, 6.07) is 106. The number of rotatable bonds is 30. The minimum Gasteiger partial charge on any atom is -0.492 e. The van der Waals surface area contributed by atoms with Crippen molar-refractivity contribution in [2.45, 2.75) is 109 Å². The van der Waals surface area contributed by atoms with Crippen LogP contribution in [-0.4, -0.2) is 63.1 Å². The molecule has 0 amide bonds. The lowest BCUT2D eigenvalue weighted by atomic mass is 9.67. The monoisotopic (exact) mass is 1380 g/mol. The molecule has 4 atom stereocenters. The number of aliphatic hydroxyl groups is 1. The molecule has 2 saturated heterocycles. The van der Waals surface area contributed by atoms with Gasteiger partial charge in [0.05, 0.1) is 49.5 Å². The van der Waals surface area contributed by atoms with Gasteiger partial charge in [0.1, 0.15) is 42.3 Å².